The maximum absolute atomic E-state index is 12.6. The number of fused-ring (bicyclic) bond motifs is 1. The molecule has 1 fully saturated rings. The van der Waals surface area contributed by atoms with Crippen LogP contribution in [0.3, 0.4) is 0 Å². The summed E-state index contributed by atoms with van der Waals surface area (Å²) in [6.45, 7) is 3.21. The lowest BCUT2D eigenvalue weighted by Crippen LogP contribution is -2.41. The summed E-state index contributed by atoms with van der Waals surface area (Å²) >= 11 is 6.00. The van der Waals surface area contributed by atoms with Gasteiger partial charge < -0.3 is 9.32 Å². The van der Waals surface area contributed by atoms with Crippen molar-refractivity contribution >= 4 is 28.6 Å². The standard InChI is InChI=1S/C17H18ClN5O2/c1-11(23-10-19-9-20-23)17(24)22-6-4-12(5-7-22)16-21-14-8-13(18)2-3-15(14)25-16/h2-3,8-12H,4-7H2,1H3/t11-/m0/s1. The summed E-state index contributed by atoms with van der Waals surface area (Å²) in [4.78, 5) is 22.9. The third-order valence-corrected chi connectivity index (χ3v) is 4.95. The topological polar surface area (TPSA) is 77.0 Å². The molecule has 0 N–H and O–H groups in total. The Morgan fingerprint density at radius 3 is 2.88 bits per heavy atom. The highest BCUT2D eigenvalue weighted by Crippen LogP contribution is 2.31. The minimum atomic E-state index is -0.342. The lowest BCUT2D eigenvalue weighted by molar-refractivity contribution is -0.135. The summed E-state index contributed by atoms with van der Waals surface area (Å²) < 4.78 is 7.45. The lowest BCUT2D eigenvalue weighted by atomic mass is 9.96. The van der Waals surface area contributed by atoms with Crippen LogP contribution in [0, 0.1) is 0 Å². The van der Waals surface area contributed by atoms with Crippen LogP contribution in [0.4, 0.5) is 0 Å². The predicted molar refractivity (Wildman–Crippen MR) is 92.3 cm³/mol. The first-order chi connectivity index (χ1) is 12.1. The van der Waals surface area contributed by atoms with Crippen molar-refractivity contribution in [3.63, 3.8) is 0 Å². The lowest BCUT2D eigenvalue weighted by Gasteiger charge is -2.32. The van der Waals surface area contributed by atoms with Gasteiger partial charge in [0.05, 0.1) is 0 Å². The van der Waals surface area contributed by atoms with Crippen molar-refractivity contribution < 1.29 is 9.21 Å². The van der Waals surface area contributed by atoms with Crippen molar-refractivity contribution in [2.24, 2.45) is 0 Å². The number of hydrogen-bond donors (Lipinski definition) is 0. The average Bonchev–Trinajstić information content (AvgIpc) is 3.30. The van der Waals surface area contributed by atoms with Gasteiger partial charge in [-0.05, 0) is 38.0 Å². The van der Waals surface area contributed by atoms with Crippen LogP contribution in [0.15, 0.2) is 35.3 Å². The molecule has 0 unspecified atom stereocenters. The number of carbonyl (C=O) groups is 1. The number of benzene rings is 1. The Labute approximate surface area is 149 Å². The van der Waals surface area contributed by atoms with Gasteiger partial charge in [0.2, 0.25) is 5.91 Å². The van der Waals surface area contributed by atoms with Crippen LogP contribution in [-0.4, -0.2) is 43.6 Å². The Morgan fingerprint density at radius 1 is 1.36 bits per heavy atom. The van der Waals surface area contributed by atoms with E-state index in [9.17, 15) is 4.79 Å². The maximum atomic E-state index is 12.6. The Bertz CT molecular complexity index is 884. The molecule has 1 aliphatic heterocycles. The number of rotatable bonds is 3. The fourth-order valence-corrected chi connectivity index (χ4v) is 3.40. The summed E-state index contributed by atoms with van der Waals surface area (Å²) in [5, 5.41) is 4.70. The largest absolute Gasteiger partial charge is 0.440 e. The van der Waals surface area contributed by atoms with E-state index in [0.717, 1.165) is 29.8 Å². The molecule has 0 radical (unpaired) electrons. The van der Waals surface area contributed by atoms with Crippen LogP contribution in [0.5, 0.6) is 0 Å². The second kappa shape index (κ2) is 6.48. The van der Waals surface area contributed by atoms with Gasteiger partial charge in [-0.2, -0.15) is 5.10 Å². The molecule has 1 amide bonds. The number of oxazole rings is 1. The van der Waals surface area contributed by atoms with E-state index in [-0.39, 0.29) is 17.9 Å². The van der Waals surface area contributed by atoms with Crippen molar-refractivity contribution in [1.82, 2.24) is 24.6 Å². The van der Waals surface area contributed by atoms with Gasteiger partial charge in [0.25, 0.3) is 0 Å². The van der Waals surface area contributed by atoms with Crippen molar-refractivity contribution in [3.05, 3.63) is 41.8 Å². The molecule has 0 spiro atoms. The summed E-state index contributed by atoms with van der Waals surface area (Å²) in [5.74, 6) is 1.01. The Balaban J connectivity index is 1.43. The zero-order valence-corrected chi connectivity index (χ0v) is 14.6. The molecule has 1 saturated heterocycles. The number of nitrogens with zero attached hydrogens (tertiary/aromatic N) is 5. The first kappa shape index (κ1) is 16.1. The molecule has 0 saturated carbocycles. The molecule has 4 rings (SSSR count). The van der Waals surface area contributed by atoms with E-state index >= 15 is 0 Å². The van der Waals surface area contributed by atoms with Gasteiger partial charge in [-0.1, -0.05) is 11.6 Å². The number of piperidine rings is 1. The molecule has 0 bridgehead atoms. The zero-order chi connectivity index (χ0) is 17.4. The van der Waals surface area contributed by atoms with Gasteiger partial charge in [0.15, 0.2) is 11.5 Å². The van der Waals surface area contributed by atoms with Crippen molar-refractivity contribution in [1.29, 1.82) is 0 Å². The maximum Gasteiger partial charge on any atom is 0.247 e. The van der Waals surface area contributed by atoms with Crippen LogP contribution in [0.2, 0.25) is 5.02 Å². The van der Waals surface area contributed by atoms with Gasteiger partial charge in [0.1, 0.15) is 24.2 Å². The third-order valence-electron chi connectivity index (χ3n) is 4.71. The summed E-state index contributed by atoms with van der Waals surface area (Å²) in [7, 11) is 0. The quantitative estimate of drug-likeness (QED) is 0.718. The molecule has 1 aliphatic rings. The Hall–Kier alpha value is -2.41. The molecular formula is C17H18ClN5O2. The van der Waals surface area contributed by atoms with Crippen LogP contribution in [-0.2, 0) is 4.79 Å². The fourth-order valence-electron chi connectivity index (χ4n) is 3.23. The monoisotopic (exact) mass is 359 g/mol. The van der Waals surface area contributed by atoms with E-state index in [1.807, 2.05) is 24.0 Å². The molecule has 130 valence electrons. The van der Waals surface area contributed by atoms with Gasteiger partial charge in [-0.3, -0.25) is 4.79 Å². The fraction of sp³-hybridized carbons (Fsp3) is 0.412. The number of aromatic nitrogens is 4. The van der Waals surface area contributed by atoms with E-state index in [1.54, 1.807) is 17.1 Å². The Morgan fingerprint density at radius 2 is 2.16 bits per heavy atom. The molecule has 1 aromatic carbocycles. The highest BCUT2D eigenvalue weighted by atomic mass is 35.5. The molecular weight excluding hydrogens is 342 g/mol. The van der Waals surface area contributed by atoms with Crippen molar-refractivity contribution in [2.45, 2.75) is 31.7 Å². The SMILES string of the molecule is C[C@@H](C(=O)N1CCC(c2nc3cc(Cl)ccc3o2)CC1)n1cncn1. The molecule has 25 heavy (non-hydrogen) atoms. The van der Waals surface area contributed by atoms with E-state index in [2.05, 4.69) is 15.1 Å². The van der Waals surface area contributed by atoms with Gasteiger partial charge in [-0.15, -0.1) is 0 Å². The minimum Gasteiger partial charge on any atom is -0.440 e. The normalized spacial score (nSPS) is 17.1. The molecule has 8 heteroatoms. The van der Waals surface area contributed by atoms with E-state index in [0.29, 0.717) is 18.1 Å². The third kappa shape index (κ3) is 3.11. The number of hydrogen-bond acceptors (Lipinski definition) is 5. The highest BCUT2D eigenvalue weighted by molar-refractivity contribution is 6.31. The van der Waals surface area contributed by atoms with Gasteiger partial charge in [-0.25, -0.2) is 14.6 Å². The van der Waals surface area contributed by atoms with Crippen molar-refractivity contribution in [3.8, 4) is 0 Å². The summed E-state index contributed by atoms with van der Waals surface area (Å²) in [6.07, 6.45) is 4.67. The first-order valence-corrected chi connectivity index (χ1v) is 8.68. The minimum absolute atomic E-state index is 0.0632. The van der Waals surface area contributed by atoms with E-state index < -0.39 is 0 Å². The smallest absolute Gasteiger partial charge is 0.247 e. The predicted octanol–water partition coefficient (Wildman–Crippen LogP) is 3.04. The van der Waals surface area contributed by atoms with Gasteiger partial charge >= 0.3 is 0 Å². The first-order valence-electron chi connectivity index (χ1n) is 8.30. The van der Waals surface area contributed by atoms with Crippen LogP contribution >= 0.6 is 11.6 Å². The number of carbonyl (C=O) groups excluding carboxylic acids is 1. The zero-order valence-electron chi connectivity index (χ0n) is 13.8. The van der Waals surface area contributed by atoms with Crippen LogP contribution < -0.4 is 0 Å². The second-order valence-corrected chi connectivity index (χ2v) is 6.75. The Kier molecular flexibility index (Phi) is 4.17. The number of halogens is 1. The molecule has 1 atom stereocenters. The average molecular weight is 360 g/mol. The molecule has 0 aliphatic carbocycles. The van der Waals surface area contributed by atoms with Crippen LogP contribution in [0.25, 0.3) is 11.1 Å². The summed E-state index contributed by atoms with van der Waals surface area (Å²) in [6, 6.07) is 5.10. The number of amides is 1. The van der Waals surface area contributed by atoms with Crippen molar-refractivity contribution in [2.75, 3.05) is 13.1 Å². The van der Waals surface area contributed by atoms with E-state index in [1.165, 1.54) is 6.33 Å². The van der Waals surface area contributed by atoms with E-state index in [4.69, 9.17) is 16.0 Å². The molecule has 3 aromatic rings. The number of likely N-dealkylation sites (tertiary alicyclic amines) is 1. The van der Waals surface area contributed by atoms with Crippen LogP contribution in [0.1, 0.15) is 37.6 Å². The molecule has 3 heterocycles. The molecule has 7 nitrogen and oxygen atoms in total. The van der Waals surface area contributed by atoms with Gasteiger partial charge in [0, 0.05) is 24.0 Å². The summed E-state index contributed by atoms with van der Waals surface area (Å²) in [5.41, 5.74) is 1.53. The second-order valence-electron chi connectivity index (χ2n) is 6.32. The highest BCUT2D eigenvalue weighted by Gasteiger charge is 2.29. The molecule has 2 aromatic heterocycles.